The third-order valence-electron chi connectivity index (χ3n) is 6.24. The molecule has 0 N–H and O–H groups in total. The first kappa shape index (κ1) is 18.2. The number of pyridine rings is 1. The molecule has 4 heteroatoms. The number of piperidine rings is 1. The van der Waals surface area contributed by atoms with Crippen molar-refractivity contribution in [1.82, 2.24) is 14.8 Å². The van der Waals surface area contributed by atoms with Gasteiger partial charge in [0.25, 0.3) is 0 Å². The Morgan fingerprint density at radius 1 is 1.11 bits per heavy atom. The highest BCUT2D eigenvalue weighted by atomic mass is 16.2. The fourth-order valence-electron chi connectivity index (χ4n) is 4.77. The fraction of sp³-hybridized carbons (Fsp3) is 0.478. The minimum absolute atomic E-state index is 0.107. The van der Waals surface area contributed by atoms with Gasteiger partial charge >= 0.3 is 0 Å². The highest BCUT2D eigenvalue weighted by Gasteiger charge is 2.42. The Bertz CT molecular complexity index is 824. The zero-order chi connectivity index (χ0) is 18.9. The van der Waals surface area contributed by atoms with E-state index in [9.17, 15) is 4.79 Å². The van der Waals surface area contributed by atoms with E-state index in [-0.39, 0.29) is 11.3 Å². The molecule has 0 saturated carbocycles. The molecule has 1 saturated heterocycles. The smallest absolute Gasteiger partial charge is 0.222 e. The SMILES string of the molecule is CCC(=O)N1Cc2ccccc2C2(CCN(Cc3cccc(C)n3)CC2)C1. The molecule has 0 atom stereocenters. The predicted octanol–water partition coefficient (Wildman–Crippen LogP) is 3.68. The minimum atomic E-state index is 0.107. The van der Waals surface area contributed by atoms with Gasteiger partial charge in [-0.2, -0.15) is 0 Å². The van der Waals surface area contributed by atoms with Crippen LogP contribution >= 0.6 is 0 Å². The van der Waals surface area contributed by atoms with Crippen molar-refractivity contribution >= 4 is 5.91 Å². The summed E-state index contributed by atoms with van der Waals surface area (Å²) in [6.07, 6.45) is 2.79. The Labute approximate surface area is 162 Å². The molecule has 4 nitrogen and oxygen atoms in total. The van der Waals surface area contributed by atoms with Crippen LogP contribution in [0.2, 0.25) is 0 Å². The molecule has 1 spiro atoms. The van der Waals surface area contributed by atoms with Gasteiger partial charge in [0.2, 0.25) is 5.91 Å². The third kappa shape index (κ3) is 3.63. The summed E-state index contributed by atoms with van der Waals surface area (Å²) >= 11 is 0. The van der Waals surface area contributed by atoms with Gasteiger partial charge in [-0.3, -0.25) is 14.7 Å². The van der Waals surface area contributed by atoms with E-state index in [1.165, 1.54) is 11.1 Å². The van der Waals surface area contributed by atoms with Gasteiger partial charge in [-0.05, 0) is 56.1 Å². The molecule has 2 aliphatic heterocycles. The molecule has 142 valence electrons. The summed E-state index contributed by atoms with van der Waals surface area (Å²) in [5, 5.41) is 0. The molecule has 3 heterocycles. The quantitative estimate of drug-likeness (QED) is 0.835. The number of carbonyl (C=O) groups excluding carboxylic acids is 1. The van der Waals surface area contributed by atoms with Gasteiger partial charge in [-0.15, -0.1) is 0 Å². The van der Waals surface area contributed by atoms with Gasteiger partial charge in [0.15, 0.2) is 0 Å². The number of benzene rings is 1. The summed E-state index contributed by atoms with van der Waals surface area (Å²) in [4.78, 5) is 21.7. The van der Waals surface area contributed by atoms with E-state index in [2.05, 4.69) is 51.2 Å². The second kappa shape index (κ2) is 7.43. The predicted molar refractivity (Wildman–Crippen MR) is 107 cm³/mol. The van der Waals surface area contributed by atoms with E-state index in [1.54, 1.807) is 0 Å². The van der Waals surface area contributed by atoms with Crippen LogP contribution < -0.4 is 0 Å². The number of hydrogen-bond acceptors (Lipinski definition) is 3. The van der Waals surface area contributed by atoms with Crippen molar-refractivity contribution in [2.24, 2.45) is 0 Å². The Hall–Kier alpha value is -2.20. The summed E-state index contributed by atoms with van der Waals surface area (Å²) in [5.74, 6) is 0.273. The topological polar surface area (TPSA) is 36.4 Å². The summed E-state index contributed by atoms with van der Waals surface area (Å²) < 4.78 is 0. The molecule has 1 fully saturated rings. The van der Waals surface area contributed by atoms with E-state index in [4.69, 9.17) is 0 Å². The minimum Gasteiger partial charge on any atom is -0.337 e. The maximum atomic E-state index is 12.4. The number of rotatable bonds is 3. The molecule has 0 unspecified atom stereocenters. The van der Waals surface area contributed by atoms with Crippen LogP contribution in [0.3, 0.4) is 0 Å². The van der Waals surface area contributed by atoms with Crippen molar-refractivity contribution in [2.75, 3.05) is 19.6 Å². The Morgan fingerprint density at radius 3 is 2.63 bits per heavy atom. The molecule has 0 bridgehead atoms. The lowest BCUT2D eigenvalue weighted by Gasteiger charge is -2.48. The lowest BCUT2D eigenvalue weighted by molar-refractivity contribution is -0.133. The lowest BCUT2D eigenvalue weighted by atomic mass is 9.68. The fourth-order valence-corrected chi connectivity index (χ4v) is 4.77. The molecule has 1 aromatic heterocycles. The average molecular weight is 364 g/mol. The van der Waals surface area contributed by atoms with Gasteiger partial charge in [0, 0.05) is 37.2 Å². The van der Waals surface area contributed by atoms with Crippen LogP contribution in [-0.4, -0.2) is 40.3 Å². The number of amides is 1. The summed E-state index contributed by atoms with van der Waals surface area (Å²) in [7, 11) is 0. The van der Waals surface area contributed by atoms with Crippen LogP contribution in [0, 0.1) is 6.92 Å². The monoisotopic (exact) mass is 363 g/mol. The molecule has 4 rings (SSSR count). The molecule has 1 amide bonds. The Morgan fingerprint density at radius 2 is 1.89 bits per heavy atom. The van der Waals surface area contributed by atoms with Crippen LogP contribution in [0.5, 0.6) is 0 Å². The van der Waals surface area contributed by atoms with Crippen LogP contribution in [0.25, 0.3) is 0 Å². The highest BCUT2D eigenvalue weighted by molar-refractivity contribution is 5.76. The van der Waals surface area contributed by atoms with Crippen molar-refractivity contribution < 1.29 is 4.79 Å². The zero-order valence-corrected chi connectivity index (χ0v) is 16.4. The van der Waals surface area contributed by atoms with E-state index >= 15 is 0 Å². The Balaban J connectivity index is 1.52. The molecule has 27 heavy (non-hydrogen) atoms. The molecule has 0 aliphatic carbocycles. The first-order valence-electron chi connectivity index (χ1n) is 10.1. The zero-order valence-electron chi connectivity index (χ0n) is 16.4. The van der Waals surface area contributed by atoms with Crippen molar-refractivity contribution in [3.63, 3.8) is 0 Å². The van der Waals surface area contributed by atoms with Crippen LogP contribution in [0.4, 0.5) is 0 Å². The summed E-state index contributed by atoms with van der Waals surface area (Å²) in [6.45, 7) is 8.67. The lowest BCUT2D eigenvalue weighted by Crippen LogP contribution is -2.53. The normalized spacial score (nSPS) is 19.1. The Kier molecular flexibility index (Phi) is 5.00. The van der Waals surface area contributed by atoms with Crippen LogP contribution in [0.15, 0.2) is 42.5 Å². The molecule has 0 radical (unpaired) electrons. The van der Waals surface area contributed by atoms with Gasteiger partial charge in [-0.1, -0.05) is 37.3 Å². The number of hydrogen-bond donors (Lipinski definition) is 0. The number of carbonyl (C=O) groups is 1. The van der Waals surface area contributed by atoms with Crippen molar-refractivity contribution in [3.05, 3.63) is 65.0 Å². The van der Waals surface area contributed by atoms with Crippen LogP contribution in [0.1, 0.15) is 48.7 Å². The number of aromatic nitrogens is 1. The maximum Gasteiger partial charge on any atom is 0.222 e. The van der Waals surface area contributed by atoms with Gasteiger partial charge in [0.05, 0.1) is 5.69 Å². The standard InChI is InChI=1S/C23H29N3O/c1-3-22(27)26-15-19-8-4-5-10-21(19)23(17-26)11-13-25(14-12-23)16-20-9-6-7-18(2)24-20/h4-10H,3,11-17H2,1-2H3. The summed E-state index contributed by atoms with van der Waals surface area (Å²) in [6, 6.07) is 15.0. The number of likely N-dealkylation sites (tertiary alicyclic amines) is 1. The molecule has 1 aromatic carbocycles. The summed E-state index contributed by atoms with van der Waals surface area (Å²) in [5.41, 5.74) is 5.14. The van der Waals surface area contributed by atoms with Gasteiger partial charge in [-0.25, -0.2) is 0 Å². The molecule has 2 aliphatic rings. The maximum absolute atomic E-state index is 12.4. The third-order valence-corrected chi connectivity index (χ3v) is 6.24. The van der Waals surface area contributed by atoms with Crippen molar-refractivity contribution in [2.45, 2.75) is 51.6 Å². The largest absolute Gasteiger partial charge is 0.337 e. The van der Waals surface area contributed by atoms with Gasteiger partial charge in [0.1, 0.15) is 0 Å². The average Bonchev–Trinajstić information content (AvgIpc) is 2.69. The highest BCUT2D eigenvalue weighted by Crippen LogP contribution is 2.42. The van der Waals surface area contributed by atoms with Crippen molar-refractivity contribution in [3.8, 4) is 0 Å². The number of nitrogens with zero attached hydrogens (tertiary/aromatic N) is 3. The molecular weight excluding hydrogens is 334 g/mol. The first-order valence-corrected chi connectivity index (χ1v) is 10.1. The van der Waals surface area contributed by atoms with Gasteiger partial charge < -0.3 is 4.90 Å². The molecule has 2 aromatic rings. The molecular formula is C23H29N3O. The second-order valence-corrected chi connectivity index (χ2v) is 8.09. The van der Waals surface area contributed by atoms with E-state index in [1.807, 2.05) is 19.9 Å². The van der Waals surface area contributed by atoms with E-state index < -0.39 is 0 Å². The van der Waals surface area contributed by atoms with E-state index in [0.717, 1.165) is 57.0 Å². The first-order chi connectivity index (χ1) is 13.1. The van der Waals surface area contributed by atoms with E-state index in [0.29, 0.717) is 6.42 Å². The number of aryl methyl sites for hydroxylation is 1. The second-order valence-electron chi connectivity index (χ2n) is 8.09. The number of fused-ring (bicyclic) bond motifs is 2. The van der Waals surface area contributed by atoms with Crippen LogP contribution in [-0.2, 0) is 23.3 Å². The van der Waals surface area contributed by atoms with Crippen molar-refractivity contribution in [1.29, 1.82) is 0 Å².